The van der Waals surface area contributed by atoms with Gasteiger partial charge in [0.1, 0.15) is 10.6 Å². The molecule has 146 valence electrons. The van der Waals surface area contributed by atoms with Gasteiger partial charge in [0, 0.05) is 5.02 Å². The van der Waals surface area contributed by atoms with E-state index in [4.69, 9.17) is 51.1 Å². The fourth-order valence-electron chi connectivity index (χ4n) is 2.07. The van der Waals surface area contributed by atoms with E-state index in [2.05, 4.69) is 10.0 Å². The monoisotopic (exact) mass is 470 g/mol. The molecule has 27 heavy (non-hydrogen) atoms. The van der Waals surface area contributed by atoms with Crippen LogP contribution >= 0.6 is 46.4 Å². The third-order valence-corrected chi connectivity index (χ3v) is 6.24. The highest BCUT2D eigenvalue weighted by atomic mass is 35.5. The number of hydrogen-bond donors (Lipinski definition) is 2. The molecule has 2 aromatic rings. The molecule has 0 aliphatic carbocycles. The summed E-state index contributed by atoms with van der Waals surface area (Å²) in [6.45, 7) is 1.37. The van der Waals surface area contributed by atoms with Gasteiger partial charge >= 0.3 is 0 Å². The zero-order valence-electron chi connectivity index (χ0n) is 14.0. The summed E-state index contributed by atoms with van der Waals surface area (Å²) < 4.78 is 32.5. The average molecular weight is 472 g/mol. The molecule has 0 fully saturated rings. The lowest BCUT2D eigenvalue weighted by Gasteiger charge is -2.17. The molecule has 2 rings (SSSR count). The van der Waals surface area contributed by atoms with Crippen LogP contribution in [0.1, 0.15) is 6.92 Å². The minimum atomic E-state index is -4.09. The molecule has 0 aromatic heterocycles. The number of hydrogen-bond acceptors (Lipinski definition) is 4. The maximum Gasteiger partial charge on any atom is 0.245 e. The lowest BCUT2D eigenvalue weighted by atomic mass is 10.3. The van der Waals surface area contributed by atoms with E-state index in [-0.39, 0.29) is 36.4 Å². The Labute approximate surface area is 176 Å². The minimum Gasteiger partial charge on any atom is -0.495 e. The Hall–Kier alpha value is -1.22. The van der Waals surface area contributed by atoms with Crippen molar-refractivity contribution in [2.24, 2.45) is 0 Å². The van der Waals surface area contributed by atoms with Crippen LogP contribution in [0.2, 0.25) is 20.1 Å². The SMILES string of the molecule is COc1ccc(Cl)cc1S(=O)(=O)N[C@H](C)C(=O)Nc1cc(Cl)c(Cl)cc1Cl. The van der Waals surface area contributed by atoms with Crippen LogP contribution in [0.15, 0.2) is 35.2 Å². The number of amides is 1. The van der Waals surface area contributed by atoms with Crippen molar-refractivity contribution in [1.82, 2.24) is 4.72 Å². The number of carbonyl (C=O) groups excluding carboxylic acids is 1. The molecule has 0 spiro atoms. The first-order chi connectivity index (χ1) is 12.5. The third kappa shape index (κ3) is 5.40. The van der Waals surface area contributed by atoms with Crippen LogP contribution < -0.4 is 14.8 Å². The average Bonchev–Trinajstić information content (AvgIpc) is 2.59. The van der Waals surface area contributed by atoms with Gasteiger partial charge < -0.3 is 10.1 Å². The molecular weight excluding hydrogens is 458 g/mol. The van der Waals surface area contributed by atoms with Gasteiger partial charge in [-0.1, -0.05) is 46.4 Å². The second-order valence-electron chi connectivity index (χ2n) is 5.37. The second kappa shape index (κ2) is 8.86. The normalized spacial score (nSPS) is 12.5. The van der Waals surface area contributed by atoms with Crippen molar-refractivity contribution in [3.63, 3.8) is 0 Å². The van der Waals surface area contributed by atoms with E-state index in [0.717, 1.165) is 0 Å². The van der Waals surface area contributed by atoms with Crippen LogP contribution in [0.4, 0.5) is 5.69 Å². The second-order valence-corrected chi connectivity index (χ2v) is 8.71. The number of sulfonamides is 1. The van der Waals surface area contributed by atoms with Crippen molar-refractivity contribution in [1.29, 1.82) is 0 Å². The largest absolute Gasteiger partial charge is 0.495 e. The van der Waals surface area contributed by atoms with Gasteiger partial charge in [0.05, 0.1) is 33.9 Å². The summed E-state index contributed by atoms with van der Waals surface area (Å²) in [5.74, 6) is -0.563. The number of anilines is 1. The number of carbonyl (C=O) groups is 1. The van der Waals surface area contributed by atoms with Crippen LogP contribution in [0.3, 0.4) is 0 Å². The highest BCUT2D eigenvalue weighted by Crippen LogP contribution is 2.32. The molecule has 0 saturated carbocycles. The quantitative estimate of drug-likeness (QED) is 0.602. The Morgan fingerprint density at radius 2 is 1.67 bits per heavy atom. The van der Waals surface area contributed by atoms with E-state index in [1.165, 1.54) is 44.4 Å². The smallest absolute Gasteiger partial charge is 0.245 e. The first kappa shape index (κ1) is 22.1. The minimum absolute atomic E-state index is 0.0898. The van der Waals surface area contributed by atoms with Gasteiger partial charge in [0.2, 0.25) is 15.9 Å². The van der Waals surface area contributed by atoms with Gasteiger partial charge in [-0.05, 0) is 37.3 Å². The number of halogens is 4. The molecule has 0 radical (unpaired) electrons. The van der Waals surface area contributed by atoms with Crippen LogP contribution in [-0.2, 0) is 14.8 Å². The summed E-state index contributed by atoms with van der Waals surface area (Å²) in [6.07, 6.45) is 0. The fourth-order valence-corrected chi connectivity index (χ4v) is 4.30. The summed E-state index contributed by atoms with van der Waals surface area (Å²) in [5, 5.41) is 3.27. The zero-order chi connectivity index (χ0) is 20.4. The van der Waals surface area contributed by atoms with Crippen molar-refractivity contribution < 1.29 is 17.9 Å². The van der Waals surface area contributed by atoms with Crippen LogP contribution in [-0.4, -0.2) is 27.5 Å². The fraction of sp³-hybridized carbons (Fsp3) is 0.188. The Kier molecular flexibility index (Phi) is 7.24. The van der Waals surface area contributed by atoms with Crippen molar-refractivity contribution >= 4 is 68.0 Å². The lowest BCUT2D eigenvalue weighted by Crippen LogP contribution is -2.41. The van der Waals surface area contributed by atoms with E-state index >= 15 is 0 Å². The molecule has 0 aliphatic rings. The topological polar surface area (TPSA) is 84.5 Å². The van der Waals surface area contributed by atoms with E-state index < -0.39 is 22.0 Å². The Balaban J connectivity index is 2.21. The van der Waals surface area contributed by atoms with Gasteiger partial charge in [-0.25, -0.2) is 8.42 Å². The summed E-state index contributed by atoms with van der Waals surface area (Å²) in [6, 6.07) is 5.73. The Bertz CT molecular complexity index is 983. The predicted molar refractivity (Wildman–Crippen MR) is 108 cm³/mol. The summed E-state index contributed by atoms with van der Waals surface area (Å²) in [4.78, 5) is 12.2. The van der Waals surface area contributed by atoms with E-state index in [1.807, 2.05) is 0 Å². The highest BCUT2D eigenvalue weighted by Gasteiger charge is 2.26. The molecule has 2 aromatic carbocycles. The number of rotatable bonds is 6. The van der Waals surface area contributed by atoms with Crippen LogP contribution in [0.5, 0.6) is 5.75 Å². The molecule has 1 atom stereocenters. The van der Waals surface area contributed by atoms with E-state index in [1.54, 1.807) is 0 Å². The molecule has 0 bridgehead atoms. The number of benzene rings is 2. The van der Waals surface area contributed by atoms with E-state index in [9.17, 15) is 13.2 Å². The molecule has 0 saturated heterocycles. The molecule has 0 unspecified atom stereocenters. The van der Waals surface area contributed by atoms with Gasteiger partial charge in [-0.2, -0.15) is 4.72 Å². The first-order valence-electron chi connectivity index (χ1n) is 7.36. The molecule has 0 aliphatic heterocycles. The number of ether oxygens (including phenoxy) is 1. The number of nitrogens with one attached hydrogen (secondary N) is 2. The first-order valence-corrected chi connectivity index (χ1v) is 10.4. The molecular formula is C16H14Cl4N2O4S. The van der Waals surface area contributed by atoms with Crippen molar-refractivity contribution in [3.05, 3.63) is 50.4 Å². The van der Waals surface area contributed by atoms with E-state index in [0.29, 0.717) is 0 Å². The van der Waals surface area contributed by atoms with Gasteiger partial charge in [0.25, 0.3) is 0 Å². The summed E-state index contributed by atoms with van der Waals surface area (Å²) in [5.41, 5.74) is 0.197. The molecule has 2 N–H and O–H groups in total. The predicted octanol–water partition coefficient (Wildman–Crippen LogP) is 4.61. The molecule has 11 heteroatoms. The third-order valence-electron chi connectivity index (χ3n) is 3.41. The van der Waals surface area contributed by atoms with Gasteiger partial charge in [0.15, 0.2) is 0 Å². The van der Waals surface area contributed by atoms with Crippen LogP contribution in [0.25, 0.3) is 0 Å². The van der Waals surface area contributed by atoms with Crippen molar-refractivity contribution in [2.75, 3.05) is 12.4 Å². The lowest BCUT2D eigenvalue weighted by molar-refractivity contribution is -0.117. The standard InChI is InChI=1S/C16H14Cl4N2O4S/c1-8(16(23)21-13-7-11(19)10(18)6-12(13)20)22-27(24,25)15-5-9(17)3-4-14(15)26-2/h3-8,22H,1-2H3,(H,21,23)/t8-/m1/s1. The van der Waals surface area contributed by atoms with Crippen molar-refractivity contribution in [3.8, 4) is 5.75 Å². The van der Waals surface area contributed by atoms with Crippen molar-refractivity contribution in [2.45, 2.75) is 17.9 Å². The highest BCUT2D eigenvalue weighted by molar-refractivity contribution is 7.89. The molecule has 6 nitrogen and oxygen atoms in total. The number of methoxy groups -OCH3 is 1. The summed E-state index contributed by atoms with van der Waals surface area (Å²) in [7, 11) is -2.76. The van der Waals surface area contributed by atoms with Gasteiger partial charge in [-0.3, -0.25) is 4.79 Å². The maximum absolute atomic E-state index is 12.6. The van der Waals surface area contributed by atoms with Crippen LogP contribution in [0, 0.1) is 0 Å². The Morgan fingerprint density at radius 3 is 2.30 bits per heavy atom. The molecule has 0 heterocycles. The summed E-state index contributed by atoms with van der Waals surface area (Å²) >= 11 is 23.6. The molecule has 1 amide bonds. The zero-order valence-corrected chi connectivity index (χ0v) is 17.9. The Morgan fingerprint density at radius 1 is 1.04 bits per heavy atom. The maximum atomic E-state index is 12.6. The van der Waals surface area contributed by atoms with Gasteiger partial charge in [-0.15, -0.1) is 0 Å².